The molecule has 1 aromatic carbocycles. The van der Waals surface area contributed by atoms with Crippen LogP contribution in [0.2, 0.25) is 0 Å². The van der Waals surface area contributed by atoms with Crippen molar-refractivity contribution in [3.8, 4) is 0 Å². The third-order valence-corrected chi connectivity index (χ3v) is 4.67. The molecular formula is C19H27FN2O2. The molecule has 0 unspecified atom stereocenters. The van der Waals surface area contributed by atoms with Crippen LogP contribution >= 0.6 is 0 Å². The van der Waals surface area contributed by atoms with Gasteiger partial charge in [0.05, 0.1) is 0 Å². The van der Waals surface area contributed by atoms with Crippen LogP contribution < -0.4 is 5.32 Å². The standard InChI is InChI=1S/C19H27FN2O2/c1-15(23)22(17-8-3-2-4-9-17)14-12-19(24)21-13-11-16-7-5-6-10-18(16)20/h5-7,10,17H,2-4,8-9,11-14H2,1H3,(H,21,24). The number of benzene rings is 1. The average molecular weight is 334 g/mol. The van der Waals surface area contributed by atoms with E-state index in [2.05, 4.69) is 5.32 Å². The van der Waals surface area contributed by atoms with Crippen molar-refractivity contribution in [3.63, 3.8) is 0 Å². The lowest BCUT2D eigenvalue weighted by Gasteiger charge is -2.33. The quantitative estimate of drug-likeness (QED) is 0.833. The Kier molecular flexibility index (Phi) is 7.22. The maximum absolute atomic E-state index is 13.5. The third kappa shape index (κ3) is 5.62. The zero-order chi connectivity index (χ0) is 17.4. The second-order valence-electron chi connectivity index (χ2n) is 6.45. The summed E-state index contributed by atoms with van der Waals surface area (Å²) in [5.41, 5.74) is 0.602. The minimum Gasteiger partial charge on any atom is -0.356 e. The Bertz CT molecular complexity index is 556. The molecule has 0 aromatic heterocycles. The van der Waals surface area contributed by atoms with E-state index < -0.39 is 0 Å². The van der Waals surface area contributed by atoms with E-state index in [1.165, 1.54) is 12.5 Å². The van der Waals surface area contributed by atoms with Crippen molar-refractivity contribution >= 4 is 11.8 Å². The summed E-state index contributed by atoms with van der Waals surface area (Å²) in [6.07, 6.45) is 6.39. The van der Waals surface area contributed by atoms with Crippen LogP contribution in [0, 0.1) is 5.82 Å². The van der Waals surface area contributed by atoms with Crippen LogP contribution in [0.5, 0.6) is 0 Å². The van der Waals surface area contributed by atoms with Gasteiger partial charge in [-0.15, -0.1) is 0 Å². The van der Waals surface area contributed by atoms with Crippen LogP contribution in [-0.4, -0.2) is 35.8 Å². The Morgan fingerprint density at radius 1 is 1.21 bits per heavy atom. The SMILES string of the molecule is CC(=O)N(CCC(=O)NCCc1ccccc1F)C1CCCCC1. The third-order valence-electron chi connectivity index (χ3n) is 4.67. The lowest BCUT2D eigenvalue weighted by molar-refractivity contribution is -0.132. The first-order valence-corrected chi connectivity index (χ1v) is 8.85. The molecule has 4 nitrogen and oxygen atoms in total. The predicted molar refractivity (Wildman–Crippen MR) is 92.0 cm³/mol. The molecule has 0 bridgehead atoms. The molecule has 1 aromatic rings. The highest BCUT2D eigenvalue weighted by Crippen LogP contribution is 2.22. The number of nitrogens with one attached hydrogen (secondary N) is 1. The maximum Gasteiger partial charge on any atom is 0.221 e. The molecule has 1 saturated carbocycles. The first-order chi connectivity index (χ1) is 11.6. The summed E-state index contributed by atoms with van der Waals surface area (Å²) in [6, 6.07) is 6.87. The van der Waals surface area contributed by atoms with E-state index >= 15 is 0 Å². The molecule has 1 fully saturated rings. The van der Waals surface area contributed by atoms with E-state index in [1.807, 2.05) is 4.90 Å². The number of halogens is 1. The number of carbonyl (C=O) groups is 2. The van der Waals surface area contributed by atoms with Crippen molar-refractivity contribution in [3.05, 3.63) is 35.6 Å². The van der Waals surface area contributed by atoms with Gasteiger partial charge in [-0.2, -0.15) is 0 Å². The van der Waals surface area contributed by atoms with Gasteiger partial charge in [-0.05, 0) is 30.9 Å². The van der Waals surface area contributed by atoms with Crippen molar-refractivity contribution in [2.24, 2.45) is 0 Å². The van der Waals surface area contributed by atoms with Crippen LogP contribution in [0.15, 0.2) is 24.3 Å². The molecule has 0 spiro atoms. The van der Waals surface area contributed by atoms with Crippen LogP contribution in [0.25, 0.3) is 0 Å². The molecule has 0 atom stereocenters. The smallest absolute Gasteiger partial charge is 0.221 e. The molecule has 0 saturated heterocycles. The highest BCUT2D eigenvalue weighted by atomic mass is 19.1. The number of amides is 2. The summed E-state index contributed by atoms with van der Waals surface area (Å²) >= 11 is 0. The van der Waals surface area contributed by atoms with Gasteiger partial charge < -0.3 is 10.2 Å². The Morgan fingerprint density at radius 2 is 1.92 bits per heavy atom. The van der Waals surface area contributed by atoms with Crippen LogP contribution in [0.1, 0.15) is 51.0 Å². The van der Waals surface area contributed by atoms with Gasteiger partial charge in [-0.25, -0.2) is 4.39 Å². The van der Waals surface area contributed by atoms with Gasteiger partial charge in [-0.1, -0.05) is 37.5 Å². The van der Waals surface area contributed by atoms with Crippen molar-refractivity contribution < 1.29 is 14.0 Å². The summed E-state index contributed by atoms with van der Waals surface area (Å²) in [5.74, 6) is -0.291. The molecule has 0 radical (unpaired) electrons. The average Bonchev–Trinajstić information content (AvgIpc) is 2.57. The van der Waals surface area contributed by atoms with E-state index in [4.69, 9.17) is 0 Å². The second-order valence-corrected chi connectivity index (χ2v) is 6.45. The molecule has 2 rings (SSSR count). The summed E-state index contributed by atoms with van der Waals surface area (Å²) < 4.78 is 13.5. The fraction of sp³-hybridized carbons (Fsp3) is 0.579. The number of rotatable bonds is 7. The van der Waals surface area contributed by atoms with Crippen molar-refractivity contribution in [1.29, 1.82) is 0 Å². The van der Waals surface area contributed by atoms with Crippen molar-refractivity contribution in [1.82, 2.24) is 10.2 Å². The molecule has 1 N–H and O–H groups in total. The van der Waals surface area contributed by atoms with E-state index in [1.54, 1.807) is 25.1 Å². The van der Waals surface area contributed by atoms with E-state index in [0.717, 1.165) is 25.7 Å². The van der Waals surface area contributed by atoms with Gasteiger partial charge in [0.2, 0.25) is 11.8 Å². The van der Waals surface area contributed by atoms with Crippen molar-refractivity contribution in [2.75, 3.05) is 13.1 Å². The topological polar surface area (TPSA) is 49.4 Å². The number of hydrogen-bond acceptors (Lipinski definition) is 2. The molecule has 1 aliphatic rings. The summed E-state index contributed by atoms with van der Waals surface area (Å²) in [4.78, 5) is 25.7. The normalized spacial score (nSPS) is 15.1. The first-order valence-electron chi connectivity index (χ1n) is 8.85. The molecule has 0 aliphatic heterocycles. The Labute approximate surface area is 143 Å². The van der Waals surface area contributed by atoms with Crippen LogP contribution in [0.4, 0.5) is 4.39 Å². The van der Waals surface area contributed by atoms with Crippen LogP contribution in [-0.2, 0) is 16.0 Å². The number of nitrogens with zero attached hydrogens (tertiary/aromatic N) is 1. The molecule has 132 valence electrons. The molecule has 24 heavy (non-hydrogen) atoms. The van der Waals surface area contributed by atoms with Gasteiger partial charge in [0, 0.05) is 32.5 Å². The van der Waals surface area contributed by atoms with E-state index in [9.17, 15) is 14.0 Å². The predicted octanol–water partition coefficient (Wildman–Crippen LogP) is 3.06. The van der Waals surface area contributed by atoms with Gasteiger partial charge in [0.25, 0.3) is 0 Å². The van der Waals surface area contributed by atoms with Gasteiger partial charge in [0.1, 0.15) is 5.82 Å². The highest BCUT2D eigenvalue weighted by Gasteiger charge is 2.23. The second kappa shape index (κ2) is 9.40. The number of hydrogen-bond donors (Lipinski definition) is 1. The first kappa shape index (κ1) is 18.4. The van der Waals surface area contributed by atoms with Gasteiger partial charge in [-0.3, -0.25) is 9.59 Å². The fourth-order valence-corrected chi connectivity index (χ4v) is 3.34. The van der Waals surface area contributed by atoms with Crippen molar-refractivity contribution in [2.45, 2.75) is 57.9 Å². The molecular weight excluding hydrogens is 307 g/mol. The largest absolute Gasteiger partial charge is 0.356 e. The van der Waals surface area contributed by atoms with E-state index in [-0.39, 0.29) is 23.7 Å². The minimum atomic E-state index is -0.244. The zero-order valence-electron chi connectivity index (χ0n) is 14.4. The molecule has 1 aliphatic carbocycles. The summed E-state index contributed by atoms with van der Waals surface area (Å²) in [6.45, 7) is 2.44. The highest BCUT2D eigenvalue weighted by molar-refractivity contribution is 5.78. The van der Waals surface area contributed by atoms with E-state index in [0.29, 0.717) is 31.5 Å². The minimum absolute atomic E-state index is 0.0426. The Balaban J connectivity index is 1.72. The molecule has 0 heterocycles. The van der Waals surface area contributed by atoms with Gasteiger partial charge >= 0.3 is 0 Å². The summed E-state index contributed by atoms with van der Waals surface area (Å²) in [5, 5.41) is 2.81. The molecule has 5 heteroatoms. The zero-order valence-corrected chi connectivity index (χ0v) is 14.4. The lowest BCUT2D eigenvalue weighted by atomic mass is 9.94. The Morgan fingerprint density at radius 3 is 2.58 bits per heavy atom. The fourth-order valence-electron chi connectivity index (χ4n) is 3.34. The lowest BCUT2D eigenvalue weighted by Crippen LogP contribution is -2.42. The Hall–Kier alpha value is -1.91. The number of carbonyl (C=O) groups excluding carboxylic acids is 2. The summed E-state index contributed by atoms with van der Waals surface area (Å²) in [7, 11) is 0. The monoisotopic (exact) mass is 334 g/mol. The maximum atomic E-state index is 13.5. The van der Waals surface area contributed by atoms with Gasteiger partial charge in [0.15, 0.2) is 0 Å². The molecule has 2 amide bonds. The van der Waals surface area contributed by atoms with Crippen LogP contribution in [0.3, 0.4) is 0 Å².